The fourth-order valence-electron chi connectivity index (χ4n) is 3.14. The Kier molecular flexibility index (Phi) is 5.09. The highest BCUT2D eigenvalue weighted by molar-refractivity contribution is 6.30. The van der Waals surface area contributed by atoms with Gasteiger partial charge in [0.1, 0.15) is 5.82 Å². The lowest BCUT2D eigenvalue weighted by Gasteiger charge is -2.20. The first-order chi connectivity index (χ1) is 12.0. The lowest BCUT2D eigenvalue weighted by Crippen LogP contribution is -2.32. The van der Waals surface area contributed by atoms with E-state index in [9.17, 15) is 4.79 Å². The van der Waals surface area contributed by atoms with E-state index in [0.717, 1.165) is 22.4 Å². The Bertz CT molecular complexity index is 884. The quantitative estimate of drug-likeness (QED) is 0.742. The molecule has 0 saturated heterocycles. The molecule has 1 N–H and O–H groups in total. The van der Waals surface area contributed by atoms with Crippen molar-refractivity contribution in [2.24, 2.45) is 13.0 Å². The number of imidazole rings is 1. The lowest BCUT2D eigenvalue weighted by molar-refractivity contribution is -0.123. The number of fused-ring (bicyclic) bond motifs is 1. The van der Waals surface area contributed by atoms with Crippen LogP contribution in [0, 0.1) is 5.92 Å². The number of carbonyl (C=O) groups excluding carboxylic acids is 1. The van der Waals surface area contributed by atoms with Crippen LogP contribution in [0.2, 0.25) is 5.02 Å². The van der Waals surface area contributed by atoms with Gasteiger partial charge in [0.25, 0.3) is 0 Å². The number of aryl methyl sites for hydroxylation is 1. The molecular formula is C20H22ClN3O. The fourth-order valence-corrected chi connectivity index (χ4v) is 3.26. The van der Waals surface area contributed by atoms with Gasteiger partial charge in [-0.15, -0.1) is 0 Å². The van der Waals surface area contributed by atoms with Crippen molar-refractivity contribution in [2.45, 2.75) is 26.3 Å². The van der Waals surface area contributed by atoms with E-state index in [-0.39, 0.29) is 17.7 Å². The maximum atomic E-state index is 12.8. The first kappa shape index (κ1) is 17.5. The van der Waals surface area contributed by atoms with E-state index >= 15 is 0 Å². The molecule has 4 nitrogen and oxygen atoms in total. The van der Waals surface area contributed by atoms with Crippen molar-refractivity contribution in [3.63, 3.8) is 0 Å². The topological polar surface area (TPSA) is 46.9 Å². The largest absolute Gasteiger partial charge is 0.348 e. The highest BCUT2D eigenvalue weighted by atomic mass is 35.5. The van der Waals surface area contributed by atoms with Gasteiger partial charge >= 0.3 is 0 Å². The van der Waals surface area contributed by atoms with Crippen LogP contribution < -0.4 is 5.32 Å². The number of amides is 1. The standard InChI is InChI=1S/C20H22ClN3O/c1-13(2)19(14-8-10-15(21)11-9-14)20(25)22-12-18-23-16-6-4-5-7-17(16)24(18)3/h4-11,13,19H,12H2,1-3H3,(H,22,25)/t19-/m0/s1. The Balaban J connectivity index is 1.77. The maximum absolute atomic E-state index is 12.8. The highest BCUT2D eigenvalue weighted by Gasteiger charge is 2.24. The molecule has 0 unspecified atom stereocenters. The van der Waals surface area contributed by atoms with Gasteiger partial charge in [0.2, 0.25) is 5.91 Å². The van der Waals surface area contributed by atoms with Crippen LogP contribution in [0.1, 0.15) is 31.2 Å². The molecule has 0 radical (unpaired) electrons. The molecule has 2 aromatic carbocycles. The van der Waals surface area contributed by atoms with Crippen LogP contribution in [0.4, 0.5) is 0 Å². The van der Waals surface area contributed by atoms with Crippen molar-refractivity contribution in [3.8, 4) is 0 Å². The average molecular weight is 356 g/mol. The Morgan fingerprint density at radius 2 is 1.84 bits per heavy atom. The maximum Gasteiger partial charge on any atom is 0.228 e. The number of halogens is 1. The predicted molar refractivity (Wildman–Crippen MR) is 102 cm³/mol. The van der Waals surface area contributed by atoms with Crippen molar-refractivity contribution in [2.75, 3.05) is 0 Å². The SMILES string of the molecule is CC(C)[C@H](C(=O)NCc1nc2ccccc2n1C)c1ccc(Cl)cc1. The van der Waals surface area contributed by atoms with E-state index in [4.69, 9.17) is 11.6 Å². The number of para-hydroxylation sites is 2. The molecule has 1 heterocycles. The number of hydrogen-bond acceptors (Lipinski definition) is 2. The van der Waals surface area contributed by atoms with Crippen LogP contribution in [-0.2, 0) is 18.4 Å². The van der Waals surface area contributed by atoms with Crippen molar-refractivity contribution in [1.29, 1.82) is 0 Å². The van der Waals surface area contributed by atoms with Crippen molar-refractivity contribution in [1.82, 2.24) is 14.9 Å². The summed E-state index contributed by atoms with van der Waals surface area (Å²) in [5.74, 6) is 0.811. The summed E-state index contributed by atoms with van der Waals surface area (Å²) in [7, 11) is 1.97. The normalized spacial score (nSPS) is 12.5. The van der Waals surface area contributed by atoms with Gasteiger partial charge in [-0.1, -0.05) is 49.7 Å². The number of hydrogen-bond donors (Lipinski definition) is 1. The fraction of sp³-hybridized carbons (Fsp3) is 0.300. The van der Waals surface area contributed by atoms with E-state index < -0.39 is 0 Å². The third-order valence-electron chi connectivity index (χ3n) is 4.48. The van der Waals surface area contributed by atoms with E-state index in [1.807, 2.05) is 74.0 Å². The minimum atomic E-state index is -0.216. The smallest absolute Gasteiger partial charge is 0.228 e. The van der Waals surface area contributed by atoms with Crippen molar-refractivity contribution >= 4 is 28.5 Å². The Morgan fingerprint density at radius 3 is 2.48 bits per heavy atom. The molecule has 0 saturated carbocycles. The first-order valence-electron chi connectivity index (χ1n) is 8.41. The minimum Gasteiger partial charge on any atom is -0.348 e. The monoisotopic (exact) mass is 355 g/mol. The van der Waals surface area contributed by atoms with Crippen LogP contribution in [0.3, 0.4) is 0 Å². The van der Waals surface area contributed by atoms with Crippen LogP contribution >= 0.6 is 11.6 Å². The van der Waals surface area contributed by atoms with Gasteiger partial charge in [-0.2, -0.15) is 0 Å². The number of rotatable bonds is 5. The summed E-state index contributed by atoms with van der Waals surface area (Å²) in [6, 6.07) is 15.4. The lowest BCUT2D eigenvalue weighted by atomic mass is 9.87. The van der Waals surface area contributed by atoms with Crippen LogP contribution in [0.25, 0.3) is 11.0 Å². The van der Waals surface area contributed by atoms with Gasteiger partial charge in [0, 0.05) is 12.1 Å². The summed E-state index contributed by atoms with van der Waals surface area (Å²) >= 11 is 5.96. The second-order valence-electron chi connectivity index (χ2n) is 6.57. The summed E-state index contributed by atoms with van der Waals surface area (Å²) in [5, 5.41) is 3.71. The highest BCUT2D eigenvalue weighted by Crippen LogP contribution is 2.26. The van der Waals surface area contributed by atoms with Gasteiger partial charge in [-0.3, -0.25) is 4.79 Å². The zero-order valence-electron chi connectivity index (χ0n) is 14.7. The van der Waals surface area contributed by atoms with E-state index in [0.29, 0.717) is 11.6 Å². The average Bonchev–Trinajstić information content (AvgIpc) is 2.91. The molecule has 0 aliphatic rings. The summed E-state index contributed by atoms with van der Waals surface area (Å²) in [6.07, 6.45) is 0. The van der Waals surface area contributed by atoms with Crippen LogP contribution in [0.5, 0.6) is 0 Å². The van der Waals surface area contributed by atoms with Crippen LogP contribution in [-0.4, -0.2) is 15.5 Å². The first-order valence-corrected chi connectivity index (χ1v) is 8.78. The molecule has 0 fully saturated rings. The van der Waals surface area contributed by atoms with Gasteiger partial charge in [-0.25, -0.2) is 4.98 Å². The molecule has 3 rings (SSSR count). The molecule has 3 aromatic rings. The Hall–Kier alpha value is -2.33. The van der Waals surface area contributed by atoms with Crippen molar-refractivity contribution in [3.05, 3.63) is 64.9 Å². The number of nitrogens with zero attached hydrogens (tertiary/aromatic N) is 2. The van der Waals surface area contributed by atoms with E-state index in [2.05, 4.69) is 10.3 Å². The molecule has 1 aromatic heterocycles. The molecule has 0 spiro atoms. The molecule has 25 heavy (non-hydrogen) atoms. The Morgan fingerprint density at radius 1 is 1.16 bits per heavy atom. The minimum absolute atomic E-state index is 0.00405. The molecule has 1 amide bonds. The van der Waals surface area contributed by atoms with Gasteiger partial charge in [-0.05, 0) is 35.7 Å². The third kappa shape index (κ3) is 3.69. The molecule has 5 heteroatoms. The summed E-state index contributed by atoms with van der Waals surface area (Å²) in [4.78, 5) is 17.4. The Labute approximate surface area is 152 Å². The molecule has 1 atom stereocenters. The van der Waals surface area contributed by atoms with Crippen LogP contribution in [0.15, 0.2) is 48.5 Å². The summed E-state index contributed by atoms with van der Waals surface area (Å²) in [6.45, 7) is 4.50. The van der Waals surface area contributed by atoms with Gasteiger partial charge in [0.05, 0.1) is 23.5 Å². The zero-order valence-corrected chi connectivity index (χ0v) is 15.4. The third-order valence-corrected chi connectivity index (χ3v) is 4.73. The second kappa shape index (κ2) is 7.28. The number of benzene rings is 2. The second-order valence-corrected chi connectivity index (χ2v) is 7.00. The summed E-state index contributed by atoms with van der Waals surface area (Å²) in [5.41, 5.74) is 2.97. The molecule has 130 valence electrons. The number of nitrogens with one attached hydrogen (secondary N) is 1. The van der Waals surface area contributed by atoms with Crippen molar-refractivity contribution < 1.29 is 4.79 Å². The van der Waals surface area contributed by atoms with Gasteiger partial charge in [0.15, 0.2) is 0 Å². The molecule has 0 aliphatic heterocycles. The zero-order chi connectivity index (χ0) is 18.0. The number of carbonyl (C=O) groups is 1. The van der Waals surface area contributed by atoms with E-state index in [1.165, 1.54) is 0 Å². The van der Waals surface area contributed by atoms with E-state index in [1.54, 1.807) is 0 Å². The molecule has 0 bridgehead atoms. The number of aromatic nitrogens is 2. The summed E-state index contributed by atoms with van der Waals surface area (Å²) < 4.78 is 2.02. The van der Waals surface area contributed by atoms with Gasteiger partial charge < -0.3 is 9.88 Å². The predicted octanol–water partition coefficient (Wildman–Crippen LogP) is 4.28. The molecular weight excluding hydrogens is 334 g/mol. The molecule has 0 aliphatic carbocycles.